The Morgan fingerprint density at radius 1 is 1.16 bits per heavy atom. The Bertz CT molecular complexity index is 697. The highest BCUT2D eigenvalue weighted by Gasteiger charge is 2.37. The van der Waals surface area contributed by atoms with Crippen LogP contribution in [0, 0.1) is 5.92 Å². The average Bonchev–Trinajstić information content (AvgIpc) is 3.43. The van der Waals surface area contributed by atoms with Crippen molar-refractivity contribution in [3.8, 4) is 5.75 Å². The summed E-state index contributed by atoms with van der Waals surface area (Å²) in [7, 11) is 5.60. The molecule has 0 amide bonds. The summed E-state index contributed by atoms with van der Waals surface area (Å²) in [6.07, 6.45) is 1.26. The van der Waals surface area contributed by atoms with E-state index < -0.39 is 0 Å². The molecule has 1 saturated carbocycles. The topological polar surface area (TPSA) is 36.9 Å². The van der Waals surface area contributed by atoms with Gasteiger partial charge in [0.05, 0.1) is 7.11 Å². The van der Waals surface area contributed by atoms with Gasteiger partial charge in [-0.1, -0.05) is 42.5 Å². The molecule has 1 aliphatic rings. The van der Waals surface area contributed by atoms with Crippen LogP contribution in [0.1, 0.15) is 23.5 Å². The number of aliphatic imine (C=N–C) groups is 1. The van der Waals surface area contributed by atoms with Crippen LogP contribution < -0.4 is 10.1 Å². The van der Waals surface area contributed by atoms with Crippen molar-refractivity contribution in [2.24, 2.45) is 10.9 Å². The van der Waals surface area contributed by atoms with Crippen LogP contribution in [-0.2, 0) is 6.54 Å². The third-order valence-electron chi connectivity index (χ3n) is 4.82. The number of hydrogen-bond acceptors (Lipinski definition) is 2. The Morgan fingerprint density at radius 3 is 2.52 bits per heavy atom. The molecule has 3 rings (SSSR count). The first kappa shape index (κ1) is 17.3. The van der Waals surface area contributed by atoms with Crippen molar-refractivity contribution in [1.82, 2.24) is 10.2 Å². The van der Waals surface area contributed by atoms with Crippen molar-refractivity contribution in [2.75, 3.05) is 27.7 Å². The number of hydrogen-bond donors (Lipinski definition) is 1. The number of benzene rings is 2. The molecule has 4 heteroatoms. The molecular weight excluding hydrogens is 310 g/mol. The lowest BCUT2D eigenvalue weighted by atomic mass is 10.1. The van der Waals surface area contributed by atoms with E-state index in [9.17, 15) is 0 Å². The van der Waals surface area contributed by atoms with E-state index in [1.165, 1.54) is 17.5 Å². The van der Waals surface area contributed by atoms with Gasteiger partial charge in [0.25, 0.3) is 0 Å². The lowest BCUT2D eigenvalue weighted by Gasteiger charge is -2.22. The molecule has 0 heterocycles. The molecule has 2 atom stereocenters. The predicted octanol–water partition coefficient (Wildman–Crippen LogP) is 3.51. The molecule has 1 N–H and O–H groups in total. The largest absolute Gasteiger partial charge is 0.497 e. The van der Waals surface area contributed by atoms with Gasteiger partial charge in [0.2, 0.25) is 0 Å². The quantitative estimate of drug-likeness (QED) is 0.647. The zero-order valence-corrected chi connectivity index (χ0v) is 15.3. The Kier molecular flexibility index (Phi) is 5.59. The van der Waals surface area contributed by atoms with E-state index in [4.69, 9.17) is 4.74 Å². The smallest absolute Gasteiger partial charge is 0.193 e. The van der Waals surface area contributed by atoms with E-state index >= 15 is 0 Å². The molecule has 1 aliphatic carbocycles. The minimum Gasteiger partial charge on any atom is -0.497 e. The molecule has 0 spiro atoms. The lowest BCUT2D eigenvalue weighted by Crippen LogP contribution is -2.39. The lowest BCUT2D eigenvalue weighted by molar-refractivity contribution is 0.414. The van der Waals surface area contributed by atoms with Gasteiger partial charge in [-0.05, 0) is 41.5 Å². The van der Waals surface area contributed by atoms with E-state index in [1.54, 1.807) is 7.11 Å². The van der Waals surface area contributed by atoms with Crippen LogP contribution in [0.25, 0.3) is 0 Å². The number of methoxy groups -OCH3 is 1. The van der Waals surface area contributed by atoms with Crippen LogP contribution in [0.5, 0.6) is 5.75 Å². The van der Waals surface area contributed by atoms with Crippen molar-refractivity contribution in [3.63, 3.8) is 0 Å². The minimum absolute atomic E-state index is 0.693. The predicted molar refractivity (Wildman–Crippen MR) is 103 cm³/mol. The fourth-order valence-corrected chi connectivity index (χ4v) is 3.27. The van der Waals surface area contributed by atoms with Crippen molar-refractivity contribution in [2.45, 2.75) is 18.9 Å². The van der Waals surface area contributed by atoms with Crippen molar-refractivity contribution < 1.29 is 4.74 Å². The van der Waals surface area contributed by atoms with Gasteiger partial charge < -0.3 is 15.0 Å². The van der Waals surface area contributed by atoms with Crippen LogP contribution in [-0.4, -0.2) is 38.6 Å². The van der Waals surface area contributed by atoms with E-state index in [-0.39, 0.29) is 0 Å². The molecular formula is C21H27N3O. The van der Waals surface area contributed by atoms with Gasteiger partial charge in [-0.15, -0.1) is 0 Å². The highest BCUT2D eigenvalue weighted by Crippen LogP contribution is 2.46. The minimum atomic E-state index is 0.693. The van der Waals surface area contributed by atoms with E-state index in [0.29, 0.717) is 11.8 Å². The van der Waals surface area contributed by atoms with Gasteiger partial charge in [0.1, 0.15) is 5.75 Å². The van der Waals surface area contributed by atoms with Gasteiger partial charge >= 0.3 is 0 Å². The van der Waals surface area contributed by atoms with E-state index in [0.717, 1.165) is 24.8 Å². The molecule has 0 aliphatic heterocycles. The number of nitrogens with zero attached hydrogens (tertiary/aromatic N) is 2. The normalized spacial score (nSPS) is 19.4. The van der Waals surface area contributed by atoms with E-state index in [2.05, 4.69) is 64.7 Å². The molecule has 25 heavy (non-hydrogen) atoms. The SMILES string of the molecule is CN=C(NCC1CC1c1ccccc1)N(C)Cc1ccc(OC)cc1. The Balaban J connectivity index is 1.49. The summed E-state index contributed by atoms with van der Waals surface area (Å²) in [5, 5.41) is 3.52. The molecule has 0 aromatic heterocycles. The zero-order valence-electron chi connectivity index (χ0n) is 15.3. The maximum Gasteiger partial charge on any atom is 0.193 e. The first-order valence-corrected chi connectivity index (χ1v) is 8.81. The number of ether oxygens (including phenoxy) is 1. The third kappa shape index (κ3) is 4.53. The standard InChI is InChI=1S/C21H27N3O/c1-22-21(24(2)15-16-9-11-19(25-3)12-10-16)23-14-18-13-20(18)17-7-5-4-6-8-17/h4-12,18,20H,13-15H2,1-3H3,(H,22,23). The summed E-state index contributed by atoms with van der Waals surface area (Å²) in [5.74, 6) is 3.22. The third-order valence-corrected chi connectivity index (χ3v) is 4.82. The molecule has 0 bridgehead atoms. The van der Waals surface area contributed by atoms with Crippen LogP contribution >= 0.6 is 0 Å². The Hall–Kier alpha value is -2.49. The summed E-state index contributed by atoms with van der Waals surface area (Å²) in [6, 6.07) is 19.0. The zero-order chi connectivity index (χ0) is 17.6. The summed E-state index contributed by atoms with van der Waals surface area (Å²) in [6.45, 7) is 1.79. The molecule has 0 radical (unpaired) electrons. The second kappa shape index (κ2) is 8.06. The van der Waals surface area contributed by atoms with Gasteiger partial charge in [0, 0.05) is 27.2 Å². The fraction of sp³-hybridized carbons (Fsp3) is 0.381. The van der Waals surface area contributed by atoms with Gasteiger partial charge in [-0.2, -0.15) is 0 Å². The van der Waals surface area contributed by atoms with Crippen molar-refractivity contribution >= 4 is 5.96 Å². The first-order valence-electron chi connectivity index (χ1n) is 8.81. The fourth-order valence-electron chi connectivity index (χ4n) is 3.27. The average molecular weight is 337 g/mol. The second-order valence-corrected chi connectivity index (χ2v) is 6.65. The van der Waals surface area contributed by atoms with Crippen molar-refractivity contribution in [1.29, 1.82) is 0 Å². The van der Waals surface area contributed by atoms with Gasteiger partial charge in [0.15, 0.2) is 5.96 Å². The first-order chi connectivity index (χ1) is 12.2. The van der Waals surface area contributed by atoms with Crippen molar-refractivity contribution in [3.05, 3.63) is 65.7 Å². The number of guanidine groups is 1. The van der Waals surface area contributed by atoms with Crippen LogP contribution in [0.4, 0.5) is 0 Å². The maximum absolute atomic E-state index is 5.21. The van der Waals surface area contributed by atoms with Crippen LogP contribution in [0.3, 0.4) is 0 Å². The number of rotatable bonds is 6. The molecule has 2 unspecified atom stereocenters. The summed E-state index contributed by atoms with van der Waals surface area (Å²) in [4.78, 5) is 6.58. The maximum atomic E-state index is 5.21. The van der Waals surface area contributed by atoms with Crippen LogP contribution in [0.15, 0.2) is 59.6 Å². The van der Waals surface area contributed by atoms with Gasteiger partial charge in [-0.25, -0.2) is 0 Å². The second-order valence-electron chi connectivity index (χ2n) is 6.65. The molecule has 4 nitrogen and oxygen atoms in total. The Morgan fingerprint density at radius 2 is 1.88 bits per heavy atom. The summed E-state index contributed by atoms with van der Waals surface area (Å²) in [5.41, 5.74) is 2.69. The molecule has 0 saturated heterocycles. The highest BCUT2D eigenvalue weighted by molar-refractivity contribution is 5.79. The summed E-state index contributed by atoms with van der Waals surface area (Å²) >= 11 is 0. The van der Waals surface area contributed by atoms with Gasteiger partial charge in [-0.3, -0.25) is 4.99 Å². The highest BCUT2D eigenvalue weighted by atomic mass is 16.5. The molecule has 2 aromatic carbocycles. The number of nitrogens with one attached hydrogen (secondary N) is 1. The summed E-state index contributed by atoms with van der Waals surface area (Å²) < 4.78 is 5.21. The van der Waals surface area contributed by atoms with E-state index in [1.807, 2.05) is 19.2 Å². The molecule has 132 valence electrons. The molecule has 1 fully saturated rings. The Labute approximate surface area is 150 Å². The molecule has 2 aromatic rings. The van der Waals surface area contributed by atoms with Crippen LogP contribution in [0.2, 0.25) is 0 Å². The monoisotopic (exact) mass is 337 g/mol.